The van der Waals surface area contributed by atoms with Crippen LogP contribution in [-0.4, -0.2) is 54.9 Å². The molecule has 26 heavy (non-hydrogen) atoms. The summed E-state index contributed by atoms with van der Waals surface area (Å²) >= 11 is 6.02. The van der Waals surface area contributed by atoms with Crippen LogP contribution in [0.3, 0.4) is 0 Å². The highest BCUT2D eigenvalue weighted by Gasteiger charge is 2.27. The molecule has 0 bridgehead atoms. The van der Waals surface area contributed by atoms with E-state index in [4.69, 9.17) is 16.3 Å². The third-order valence-corrected chi connectivity index (χ3v) is 4.78. The highest BCUT2D eigenvalue weighted by atomic mass is 35.5. The van der Waals surface area contributed by atoms with Crippen molar-refractivity contribution in [3.05, 3.63) is 64.2 Å². The minimum absolute atomic E-state index is 0.00237. The second kappa shape index (κ2) is 7.79. The van der Waals surface area contributed by atoms with Crippen LogP contribution >= 0.6 is 11.6 Å². The van der Waals surface area contributed by atoms with E-state index in [0.29, 0.717) is 48.1 Å². The van der Waals surface area contributed by atoms with Gasteiger partial charge in [-0.1, -0.05) is 29.3 Å². The van der Waals surface area contributed by atoms with Crippen molar-refractivity contribution in [2.45, 2.75) is 6.92 Å². The van der Waals surface area contributed by atoms with Crippen LogP contribution < -0.4 is 4.74 Å². The van der Waals surface area contributed by atoms with Gasteiger partial charge in [0.15, 0.2) is 0 Å². The largest absolute Gasteiger partial charge is 0.496 e. The molecule has 0 aromatic heterocycles. The van der Waals surface area contributed by atoms with Gasteiger partial charge in [-0.05, 0) is 37.3 Å². The van der Waals surface area contributed by atoms with Crippen molar-refractivity contribution in [2.75, 3.05) is 33.3 Å². The first kappa shape index (κ1) is 18.3. The fourth-order valence-electron chi connectivity index (χ4n) is 3.01. The molecule has 1 heterocycles. The maximum Gasteiger partial charge on any atom is 0.257 e. The molecule has 0 aliphatic carbocycles. The zero-order valence-electron chi connectivity index (χ0n) is 14.9. The Bertz CT molecular complexity index is 812. The minimum Gasteiger partial charge on any atom is -0.496 e. The lowest BCUT2D eigenvalue weighted by atomic mass is 10.1. The summed E-state index contributed by atoms with van der Waals surface area (Å²) in [5.41, 5.74) is 2.23. The molecule has 136 valence electrons. The topological polar surface area (TPSA) is 49.9 Å². The Labute approximate surface area is 158 Å². The van der Waals surface area contributed by atoms with Gasteiger partial charge in [-0.25, -0.2) is 0 Å². The molecular weight excluding hydrogens is 352 g/mol. The maximum absolute atomic E-state index is 12.8. The maximum atomic E-state index is 12.8. The Morgan fingerprint density at radius 3 is 2.08 bits per heavy atom. The number of ether oxygens (including phenoxy) is 1. The molecule has 5 nitrogen and oxygen atoms in total. The lowest BCUT2D eigenvalue weighted by molar-refractivity contribution is 0.0533. The number of nitrogens with zero attached hydrogens (tertiary/aromatic N) is 2. The molecular formula is C20H21ClN2O3. The highest BCUT2D eigenvalue weighted by molar-refractivity contribution is 6.31. The molecule has 2 aromatic carbocycles. The summed E-state index contributed by atoms with van der Waals surface area (Å²) in [5, 5.41) is 0.488. The number of carbonyl (C=O) groups excluding carboxylic acids is 2. The van der Waals surface area contributed by atoms with E-state index in [1.54, 1.807) is 28.0 Å². The van der Waals surface area contributed by atoms with Crippen LogP contribution in [0.4, 0.5) is 0 Å². The second-order valence-electron chi connectivity index (χ2n) is 6.30. The molecule has 1 aliphatic heterocycles. The summed E-state index contributed by atoms with van der Waals surface area (Å²) in [6.07, 6.45) is 0. The van der Waals surface area contributed by atoms with E-state index >= 15 is 0 Å². The lowest BCUT2D eigenvalue weighted by Gasteiger charge is -2.35. The number of aryl methyl sites for hydroxylation is 1. The van der Waals surface area contributed by atoms with Gasteiger partial charge in [0, 0.05) is 36.8 Å². The van der Waals surface area contributed by atoms with Crippen molar-refractivity contribution in [3.8, 4) is 5.75 Å². The summed E-state index contributed by atoms with van der Waals surface area (Å²) in [6.45, 7) is 3.95. The first-order valence-corrected chi connectivity index (χ1v) is 8.86. The summed E-state index contributed by atoms with van der Waals surface area (Å²) in [6, 6.07) is 12.5. The molecule has 1 saturated heterocycles. The van der Waals surface area contributed by atoms with Crippen LogP contribution in [0.2, 0.25) is 5.02 Å². The van der Waals surface area contributed by atoms with Crippen molar-refractivity contribution >= 4 is 23.4 Å². The standard InChI is InChI=1S/C20H21ClN2O3/c1-14-3-5-15(6-4-14)19(24)22-9-11-23(12-10-22)20(25)17-13-16(21)7-8-18(17)26-2/h3-8,13H,9-12H2,1-2H3. The SMILES string of the molecule is COc1ccc(Cl)cc1C(=O)N1CCN(C(=O)c2ccc(C)cc2)CC1. The van der Waals surface area contributed by atoms with E-state index < -0.39 is 0 Å². The summed E-state index contributed by atoms with van der Waals surface area (Å²) in [7, 11) is 1.53. The van der Waals surface area contributed by atoms with Crippen molar-refractivity contribution in [1.82, 2.24) is 9.80 Å². The van der Waals surface area contributed by atoms with E-state index in [2.05, 4.69) is 0 Å². The van der Waals surface area contributed by atoms with Crippen LogP contribution in [-0.2, 0) is 0 Å². The summed E-state index contributed by atoms with van der Waals surface area (Å²) < 4.78 is 5.27. The number of hydrogen-bond donors (Lipinski definition) is 0. The van der Waals surface area contributed by atoms with E-state index in [-0.39, 0.29) is 11.8 Å². The van der Waals surface area contributed by atoms with Crippen LogP contribution in [0, 0.1) is 6.92 Å². The molecule has 2 aromatic rings. The van der Waals surface area contributed by atoms with Gasteiger partial charge < -0.3 is 14.5 Å². The van der Waals surface area contributed by atoms with Crippen LogP contribution in [0.15, 0.2) is 42.5 Å². The molecule has 6 heteroatoms. The first-order chi connectivity index (χ1) is 12.5. The Morgan fingerprint density at radius 1 is 0.923 bits per heavy atom. The Hall–Kier alpha value is -2.53. The monoisotopic (exact) mass is 372 g/mol. The Morgan fingerprint density at radius 2 is 1.50 bits per heavy atom. The smallest absolute Gasteiger partial charge is 0.257 e. The third kappa shape index (κ3) is 3.83. The van der Waals surface area contributed by atoms with Crippen LogP contribution in [0.1, 0.15) is 26.3 Å². The molecule has 0 N–H and O–H groups in total. The molecule has 0 unspecified atom stereocenters. The van der Waals surface area contributed by atoms with E-state index in [9.17, 15) is 9.59 Å². The lowest BCUT2D eigenvalue weighted by Crippen LogP contribution is -2.50. The number of amides is 2. The number of hydrogen-bond acceptors (Lipinski definition) is 3. The predicted molar refractivity (Wildman–Crippen MR) is 101 cm³/mol. The van der Waals surface area contributed by atoms with Gasteiger partial charge >= 0.3 is 0 Å². The van der Waals surface area contributed by atoms with Gasteiger partial charge in [0.2, 0.25) is 0 Å². The molecule has 1 fully saturated rings. The summed E-state index contributed by atoms with van der Waals surface area (Å²) in [4.78, 5) is 28.9. The number of benzene rings is 2. The van der Waals surface area contributed by atoms with Crippen molar-refractivity contribution < 1.29 is 14.3 Å². The predicted octanol–water partition coefficient (Wildman–Crippen LogP) is 3.26. The number of halogens is 1. The number of rotatable bonds is 3. The van der Waals surface area contributed by atoms with E-state index in [1.165, 1.54) is 7.11 Å². The van der Waals surface area contributed by atoms with Gasteiger partial charge in [0.1, 0.15) is 5.75 Å². The molecule has 1 aliphatic rings. The average molecular weight is 373 g/mol. The molecule has 0 atom stereocenters. The fourth-order valence-corrected chi connectivity index (χ4v) is 3.18. The van der Waals surface area contributed by atoms with Crippen LogP contribution in [0.5, 0.6) is 5.75 Å². The quantitative estimate of drug-likeness (QED) is 0.831. The minimum atomic E-state index is -0.133. The van der Waals surface area contributed by atoms with Gasteiger partial charge in [0.25, 0.3) is 11.8 Å². The second-order valence-corrected chi connectivity index (χ2v) is 6.73. The zero-order valence-corrected chi connectivity index (χ0v) is 15.6. The van der Waals surface area contributed by atoms with E-state index in [1.807, 2.05) is 31.2 Å². The first-order valence-electron chi connectivity index (χ1n) is 8.48. The van der Waals surface area contributed by atoms with Gasteiger partial charge in [0.05, 0.1) is 12.7 Å². The summed E-state index contributed by atoms with van der Waals surface area (Å²) in [5.74, 6) is 0.363. The average Bonchev–Trinajstić information content (AvgIpc) is 2.67. The van der Waals surface area contributed by atoms with Crippen LogP contribution in [0.25, 0.3) is 0 Å². The molecule has 0 spiro atoms. The number of carbonyl (C=O) groups is 2. The highest BCUT2D eigenvalue weighted by Crippen LogP contribution is 2.24. The molecule has 3 rings (SSSR count). The van der Waals surface area contributed by atoms with Crippen molar-refractivity contribution in [3.63, 3.8) is 0 Å². The van der Waals surface area contributed by atoms with Crippen molar-refractivity contribution in [1.29, 1.82) is 0 Å². The normalized spacial score (nSPS) is 14.3. The molecule has 2 amide bonds. The third-order valence-electron chi connectivity index (χ3n) is 4.54. The van der Waals surface area contributed by atoms with Gasteiger partial charge in [-0.3, -0.25) is 9.59 Å². The number of piperazine rings is 1. The fraction of sp³-hybridized carbons (Fsp3) is 0.300. The van der Waals surface area contributed by atoms with Gasteiger partial charge in [-0.2, -0.15) is 0 Å². The van der Waals surface area contributed by atoms with E-state index in [0.717, 1.165) is 5.56 Å². The molecule has 0 radical (unpaired) electrons. The molecule has 0 saturated carbocycles. The Balaban J connectivity index is 1.66. The number of methoxy groups -OCH3 is 1. The Kier molecular flexibility index (Phi) is 5.47. The van der Waals surface area contributed by atoms with Gasteiger partial charge in [-0.15, -0.1) is 0 Å². The zero-order chi connectivity index (χ0) is 18.7. The van der Waals surface area contributed by atoms with Crippen molar-refractivity contribution in [2.24, 2.45) is 0 Å².